The Bertz CT molecular complexity index is 759. The minimum Gasteiger partial charge on any atom is -0.406 e. The van der Waals surface area contributed by atoms with Crippen molar-refractivity contribution in [3.63, 3.8) is 0 Å². The first-order chi connectivity index (χ1) is 10.3. The quantitative estimate of drug-likeness (QED) is 0.887. The van der Waals surface area contributed by atoms with Crippen LogP contribution < -0.4 is 10.1 Å². The predicted molar refractivity (Wildman–Crippen MR) is 75.9 cm³/mol. The summed E-state index contributed by atoms with van der Waals surface area (Å²) in [7, 11) is 0. The third-order valence-electron chi connectivity index (χ3n) is 3.22. The topological polar surface area (TPSA) is 38.3 Å². The summed E-state index contributed by atoms with van der Waals surface area (Å²) >= 11 is 6.04. The molecule has 3 nitrogen and oxygen atoms in total. The van der Waals surface area contributed by atoms with Gasteiger partial charge in [-0.3, -0.25) is 4.79 Å². The van der Waals surface area contributed by atoms with Crippen LogP contribution in [0.3, 0.4) is 0 Å². The van der Waals surface area contributed by atoms with E-state index in [1.807, 2.05) is 0 Å². The summed E-state index contributed by atoms with van der Waals surface area (Å²) in [4.78, 5) is 11.3. The molecule has 0 bridgehead atoms. The van der Waals surface area contributed by atoms with Gasteiger partial charge in [-0.1, -0.05) is 17.7 Å². The molecule has 0 atom stereocenters. The van der Waals surface area contributed by atoms with E-state index in [4.69, 9.17) is 11.6 Å². The summed E-state index contributed by atoms with van der Waals surface area (Å²) in [5.74, 6) is -0.466. The molecule has 1 aliphatic heterocycles. The third-order valence-corrected chi connectivity index (χ3v) is 3.53. The number of anilines is 1. The van der Waals surface area contributed by atoms with Crippen molar-refractivity contribution in [3.8, 4) is 16.9 Å². The van der Waals surface area contributed by atoms with Crippen LogP contribution in [0, 0.1) is 0 Å². The van der Waals surface area contributed by atoms with Crippen LogP contribution in [0.1, 0.15) is 5.56 Å². The van der Waals surface area contributed by atoms with Gasteiger partial charge in [0.25, 0.3) is 0 Å². The van der Waals surface area contributed by atoms with Gasteiger partial charge in [0.1, 0.15) is 5.75 Å². The van der Waals surface area contributed by atoms with E-state index in [-0.39, 0.29) is 23.1 Å². The maximum Gasteiger partial charge on any atom is 0.573 e. The predicted octanol–water partition coefficient (Wildman–Crippen LogP) is 4.40. The highest BCUT2D eigenvalue weighted by atomic mass is 35.5. The second-order valence-corrected chi connectivity index (χ2v) is 5.19. The maximum atomic E-state index is 12.2. The summed E-state index contributed by atoms with van der Waals surface area (Å²) in [6.45, 7) is 0. The number of amides is 1. The third kappa shape index (κ3) is 3.01. The van der Waals surface area contributed by atoms with Crippen LogP contribution in [0.2, 0.25) is 5.02 Å². The molecule has 7 heteroatoms. The van der Waals surface area contributed by atoms with E-state index in [2.05, 4.69) is 10.1 Å². The number of carbonyl (C=O) groups excluding carboxylic acids is 1. The molecule has 0 saturated carbocycles. The van der Waals surface area contributed by atoms with Gasteiger partial charge in [0.05, 0.1) is 11.4 Å². The Kier molecular flexibility index (Phi) is 3.48. The van der Waals surface area contributed by atoms with Crippen LogP contribution in [0.15, 0.2) is 36.4 Å². The van der Waals surface area contributed by atoms with E-state index in [1.54, 1.807) is 18.2 Å². The number of benzene rings is 2. The minimum absolute atomic E-state index is 0.0906. The molecule has 0 fully saturated rings. The molecule has 0 spiro atoms. The molecule has 22 heavy (non-hydrogen) atoms. The summed E-state index contributed by atoms with van der Waals surface area (Å²) in [5, 5.41) is 2.85. The van der Waals surface area contributed by atoms with Gasteiger partial charge < -0.3 is 10.1 Å². The largest absolute Gasteiger partial charge is 0.573 e. The van der Waals surface area contributed by atoms with Crippen molar-refractivity contribution >= 4 is 23.2 Å². The molecule has 2 aromatic rings. The number of hydrogen-bond donors (Lipinski definition) is 1. The highest BCUT2D eigenvalue weighted by molar-refractivity contribution is 6.33. The first-order valence-corrected chi connectivity index (χ1v) is 6.68. The van der Waals surface area contributed by atoms with Crippen molar-refractivity contribution in [2.45, 2.75) is 12.8 Å². The van der Waals surface area contributed by atoms with Gasteiger partial charge in [-0.15, -0.1) is 13.2 Å². The number of rotatable bonds is 2. The molecule has 0 saturated heterocycles. The average Bonchev–Trinajstić information content (AvgIpc) is 2.76. The van der Waals surface area contributed by atoms with E-state index in [1.165, 1.54) is 12.1 Å². The van der Waals surface area contributed by atoms with Crippen molar-refractivity contribution in [1.29, 1.82) is 0 Å². The Morgan fingerprint density at radius 3 is 2.59 bits per heavy atom. The van der Waals surface area contributed by atoms with Crippen molar-refractivity contribution in [2.75, 3.05) is 5.32 Å². The second-order valence-electron chi connectivity index (χ2n) is 4.79. The standard InChI is InChI=1S/C15H9ClF3NO2/c16-12-7-10(22-15(17,18)19)2-3-11(12)8-1-4-13-9(5-8)6-14(21)20-13/h1-5,7H,6H2,(H,20,21). The Labute approximate surface area is 128 Å². The van der Waals surface area contributed by atoms with Gasteiger partial charge >= 0.3 is 6.36 Å². The van der Waals surface area contributed by atoms with Gasteiger partial charge in [-0.25, -0.2) is 0 Å². The zero-order valence-corrected chi connectivity index (χ0v) is 11.8. The second kappa shape index (κ2) is 5.21. The highest BCUT2D eigenvalue weighted by Gasteiger charge is 2.31. The number of hydrogen-bond acceptors (Lipinski definition) is 2. The highest BCUT2D eigenvalue weighted by Crippen LogP contribution is 2.35. The van der Waals surface area contributed by atoms with E-state index < -0.39 is 6.36 Å². The Morgan fingerprint density at radius 1 is 1.14 bits per heavy atom. The summed E-state index contributed by atoms with van der Waals surface area (Å²) in [6, 6.07) is 9.04. The number of halogens is 4. The van der Waals surface area contributed by atoms with Crippen molar-refractivity contribution in [2.24, 2.45) is 0 Å². The summed E-state index contributed by atoms with van der Waals surface area (Å²) < 4.78 is 40.4. The van der Waals surface area contributed by atoms with E-state index in [0.717, 1.165) is 22.9 Å². The number of fused-ring (bicyclic) bond motifs is 1. The fourth-order valence-corrected chi connectivity index (χ4v) is 2.60. The van der Waals surface area contributed by atoms with Crippen LogP contribution >= 0.6 is 11.6 Å². The van der Waals surface area contributed by atoms with Crippen LogP contribution in [0.4, 0.5) is 18.9 Å². The molecule has 1 aliphatic rings. The molecular weight excluding hydrogens is 319 g/mol. The molecule has 0 aromatic heterocycles. The Hall–Kier alpha value is -2.21. The fraction of sp³-hybridized carbons (Fsp3) is 0.133. The normalized spacial score (nSPS) is 13.7. The summed E-state index contributed by atoms with van der Waals surface area (Å²) in [5.41, 5.74) is 2.85. The van der Waals surface area contributed by atoms with Crippen molar-refractivity contribution < 1.29 is 22.7 Å². The maximum absolute atomic E-state index is 12.2. The Balaban J connectivity index is 1.93. The number of nitrogens with one attached hydrogen (secondary N) is 1. The molecule has 2 aromatic carbocycles. The van der Waals surface area contributed by atoms with E-state index in [9.17, 15) is 18.0 Å². The zero-order chi connectivity index (χ0) is 15.9. The van der Waals surface area contributed by atoms with Crippen LogP contribution in [-0.4, -0.2) is 12.3 Å². The average molecular weight is 328 g/mol. The molecule has 0 aliphatic carbocycles. The molecule has 0 unspecified atom stereocenters. The fourth-order valence-electron chi connectivity index (χ4n) is 2.32. The smallest absolute Gasteiger partial charge is 0.406 e. The van der Waals surface area contributed by atoms with E-state index in [0.29, 0.717) is 5.56 Å². The van der Waals surface area contributed by atoms with Crippen LogP contribution in [-0.2, 0) is 11.2 Å². The zero-order valence-electron chi connectivity index (χ0n) is 11.0. The molecular formula is C15H9ClF3NO2. The number of carbonyl (C=O) groups is 1. The summed E-state index contributed by atoms with van der Waals surface area (Å²) in [6.07, 6.45) is -4.49. The Morgan fingerprint density at radius 2 is 1.91 bits per heavy atom. The lowest BCUT2D eigenvalue weighted by molar-refractivity contribution is -0.274. The minimum atomic E-state index is -4.76. The van der Waals surface area contributed by atoms with Crippen molar-refractivity contribution in [1.82, 2.24) is 0 Å². The molecule has 1 N–H and O–H groups in total. The lowest BCUT2D eigenvalue weighted by atomic mass is 10.0. The van der Waals surface area contributed by atoms with Gasteiger partial charge in [0, 0.05) is 11.3 Å². The molecule has 114 valence electrons. The van der Waals surface area contributed by atoms with Crippen LogP contribution in [0.25, 0.3) is 11.1 Å². The van der Waals surface area contributed by atoms with Gasteiger partial charge in [-0.2, -0.15) is 0 Å². The lowest BCUT2D eigenvalue weighted by Crippen LogP contribution is -2.17. The van der Waals surface area contributed by atoms with Gasteiger partial charge in [0.15, 0.2) is 0 Å². The molecule has 3 rings (SSSR count). The molecule has 0 radical (unpaired) electrons. The van der Waals surface area contributed by atoms with Gasteiger partial charge in [-0.05, 0) is 41.5 Å². The SMILES string of the molecule is O=C1Cc2cc(-c3ccc(OC(F)(F)F)cc3Cl)ccc2N1. The number of alkyl halides is 3. The number of ether oxygens (including phenoxy) is 1. The van der Waals surface area contributed by atoms with Crippen LogP contribution in [0.5, 0.6) is 5.75 Å². The molecule has 1 heterocycles. The first kappa shape index (κ1) is 14.7. The first-order valence-electron chi connectivity index (χ1n) is 6.30. The lowest BCUT2D eigenvalue weighted by Gasteiger charge is -2.11. The molecule has 1 amide bonds. The monoisotopic (exact) mass is 327 g/mol. The van der Waals surface area contributed by atoms with Crippen molar-refractivity contribution in [3.05, 3.63) is 47.0 Å². The van der Waals surface area contributed by atoms with E-state index >= 15 is 0 Å². The van der Waals surface area contributed by atoms with Gasteiger partial charge in [0.2, 0.25) is 5.91 Å².